The molecule has 1 aromatic carbocycles. The number of amides is 1. The molecular weight excluding hydrogens is 397 g/mol. The first kappa shape index (κ1) is 21.2. The van der Waals surface area contributed by atoms with Gasteiger partial charge >= 0.3 is 12.1 Å². The summed E-state index contributed by atoms with van der Waals surface area (Å²) in [5, 5.41) is 13.1. The van der Waals surface area contributed by atoms with E-state index in [0.717, 1.165) is 5.39 Å². The van der Waals surface area contributed by atoms with E-state index in [4.69, 9.17) is 14.6 Å². The van der Waals surface area contributed by atoms with Crippen LogP contribution in [0.1, 0.15) is 10.4 Å². The van der Waals surface area contributed by atoms with Crippen LogP contribution in [0.4, 0.5) is 13.2 Å². The van der Waals surface area contributed by atoms with Crippen molar-refractivity contribution in [2.24, 2.45) is 0 Å². The maximum atomic E-state index is 12.0. The molecular formula is C18H15F3N2O4S. The van der Waals surface area contributed by atoms with Crippen LogP contribution in [0, 0.1) is 0 Å². The third-order valence-corrected chi connectivity index (χ3v) is 4.15. The summed E-state index contributed by atoms with van der Waals surface area (Å²) in [7, 11) is 0. The van der Waals surface area contributed by atoms with E-state index in [1.54, 1.807) is 23.7 Å². The fraction of sp³-hybridized carbons (Fsp3) is 0.167. The van der Waals surface area contributed by atoms with Crippen LogP contribution in [0.2, 0.25) is 0 Å². The number of rotatable bonds is 5. The summed E-state index contributed by atoms with van der Waals surface area (Å²) in [4.78, 5) is 24.9. The fourth-order valence-electron chi connectivity index (χ4n) is 1.98. The summed E-state index contributed by atoms with van der Waals surface area (Å²) in [5.74, 6) is -2.14. The highest BCUT2D eigenvalue weighted by Gasteiger charge is 2.38. The number of thiophene rings is 1. The number of halogens is 3. The Bertz CT molecular complexity index is 929. The van der Waals surface area contributed by atoms with E-state index in [1.165, 1.54) is 4.70 Å². The minimum atomic E-state index is -5.08. The summed E-state index contributed by atoms with van der Waals surface area (Å²) in [6, 6.07) is 11.4. The lowest BCUT2D eigenvalue weighted by molar-refractivity contribution is -0.192. The molecule has 0 radical (unpaired) electrons. The molecule has 6 nitrogen and oxygen atoms in total. The maximum absolute atomic E-state index is 12.0. The summed E-state index contributed by atoms with van der Waals surface area (Å²) >= 11 is 1.67. The van der Waals surface area contributed by atoms with E-state index < -0.39 is 12.1 Å². The van der Waals surface area contributed by atoms with Gasteiger partial charge < -0.3 is 15.2 Å². The zero-order valence-corrected chi connectivity index (χ0v) is 15.1. The quantitative estimate of drug-likeness (QED) is 0.624. The molecule has 10 heteroatoms. The normalized spacial score (nSPS) is 10.7. The van der Waals surface area contributed by atoms with Gasteiger partial charge in [-0.05, 0) is 47.2 Å². The Kier molecular flexibility index (Phi) is 7.33. The lowest BCUT2D eigenvalue weighted by Gasteiger charge is -2.07. The van der Waals surface area contributed by atoms with Gasteiger partial charge in [-0.25, -0.2) is 4.79 Å². The lowest BCUT2D eigenvalue weighted by Crippen LogP contribution is -2.28. The Morgan fingerprint density at radius 1 is 1.21 bits per heavy atom. The number of aliphatic carboxylic acids is 1. The molecule has 1 amide bonds. The van der Waals surface area contributed by atoms with Gasteiger partial charge in [0, 0.05) is 16.5 Å². The van der Waals surface area contributed by atoms with Crippen molar-refractivity contribution >= 4 is 33.3 Å². The first-order valence-corrected chi connectivity index (χ1v) is 8.74. The molecule has 28 heavy (non-hydrogen) atoms. The van der Waals surface area contributed by atoms with Gasteiger partial charge in [0.25, 0.3) is 5.91 Å². The van der Waals surface area contributed by atoms with Crippen LogP contribution in [-0.2, 0) is 4.79 Å². The standard InChI is InChI=1S/C16H14N2O2S.C2HF3O2/c19-16(13-3-4-15-12(10-13)5-9-21-15)18-7-8-20-14-2-1-6-17-11-14;3-2(4,5)1(6)7/h1-6,9-11H,7-8H2,(H,18,19);(H,6,7). The van der Waals surface area contributed by atoms with Gasteiger partial charge in [0.1, 0.15) is 12.4 Å². The van der Waals surface area contributed by atoms with Crippen molar-refractivity contribution in [3.05, 3.63) is 59.7 Å². The molecule has 2 aromatic heterocycles. The highest BCUT2D eigenvalue weighted by Crippen LogP contribution is 2.21. The predicted molar refractivity (Wildman–Crippen MR) is 97.6 cm³/mol. The van der Waals surface area contributed by atoms with Crippen molar-refractivity contribution in [1.82, 2.24) is 10.3 Å². The van der Waals surface area contributed by atoms with E-state index >= 15 is 0 Å². The van der Waals surface area contributed by atoms with Gasteiger partial charge in [-0.15, -0.1) is 11.3 Å². The van der Waals surface area contributed by atoms with E-state index in [9.17, 15) is 18.0 Å². The molecule has 0 saturated heterocycles. The smallest absolute Gasteiger partial charge is 0.490 e. The van der Waals surface area contributed by atoms with Crippen LogP contribution in [0.3, 0.4) is 0 Å². The second-order valence-electron chi connectivity index (χ2n) is 5.27. The van der Waals surface area contributed by atoms with Gasteiger partial charge in [0.05, 0.1) is 12.7 Å². The number of aromatic nitrogens is 1. The van der Waals surface area contributed by atoms with Crippen molar-refractivity contribution in [2.75, 3.05) is 13.2 Å². The van der Waals surface area contributed by atoms with Gasteiger partial charge in [0.2, 0.25) is 0 Å². The number of fused-ring (bicyclic) bond motifs is 1. The SMILES string of the molecule is O=C(NCCOc1cccnc1)c1ccc2sccc2c1.O=C(O)C(F)(F)F. The number of carboxylic acid groups (broad SMARTS) is 1. The zero-order valence-electron chi connectivity index (χ0n) is 14.3. The van der Waals surface area contributed by atoms with Crippen molar-refractivity contribution in [2.45, 2.75) is 6.18 Å². The molecule has 0 fully saturated rings. The predicted octanol–water partition coefficient (Wildman–Crippen LogP) is 3.74. The monoisotopic (exact) mass is 412 g/mol. The fourth-order valence-corrected chi connectivity index (χ4v) is 2.75. The Balaban J connectivity index is 0.000000345. The molecule has 0 spiro atoms. The number of nitrogens with one attached hydrogen (secondary N) is 1. The Morgan fingerprint density at radius 2 is 1.96 bits per heavy atom. The lowest BCUT2D eigenvalue weighted by atomic mass is 10.1. The molecule has 2 heterocycles. The number of ether oxygens (including phenoxy) is 1. The summed E-state index contributed by atoms with van der Waals surface area (Å²) in [5.41, 5.74) is 0.669. The minimum absolute atomic E-state index is 0.0853. The average Bonchev–Trinajstić information content (AvgIpc) is 3.13. The number of carbonyl (C=O) groups is 2. The van der Waals surface area contributed by atoms with Crippen molar-refractivity contribution in [3.8, 4) is 5.75 Å². The molecule has 148 valence electrons. The van der Waals surface area contributed by atoms with Crippen LogP contribution < -0.4 is 10.1 Å². The van der Waals surface area contributed by atoms with Crippen molar-refractivity contribution < 1.29 is 32.6 Å². The van der Waals surface area contributed by atoms with Crippen molar-refractivity contribution in [3.63, 3.8) is 0 Å². The highest BCUT2D eigenvalue weighted by atomic mass is 32.1. The number of nitrogens with zero attached hydrogens (tertiary/aromatic N) is 1. The number of hydrogen-bond donors (Lipinski definition) is 2. The van der Waals surface area contributed by atoms with Gasteiger partial charge in [-0.2, -0.15) is 13.2 Å². The van der Waals surface area contributed by atoms with Crippen LogP contribution in [-0.4, -0.2) is 41.3 Å². The van der Waals surface area contributed by atoms with Crippen LogP contribution in [0.15, 0.2) is 54.2 Å². The summed E-state index contributed by atoms with van der Waals surface area (Å²) in [6.07, 6.45) is -1.75. The number of benzene rings is 1. The second kappa shape index (κ2) is 9.70. The molecule has 3 rings (SSSR count). The third kappa shape index (κ3) is 6.54. The van der Waals surface area contributed by atoms with E-state index in [2.05, 4.69) is 10.3 Å². The van der Waals surface area contributed by atoms with Gasteiger partial charge in [0.15, 0.2) is 0 Å². The Hall–Kier alpha value is -3.14. The molecule has 2 N–H and O–H groups in total. The van der Waals surface area contributed by atoms with E-state index in [0.29, 0.717) is 24.5 Å². The topological polar surface area (TPSA) is 88.5 Å². The van der Waals surface area contributed by atoms with E-state index in [1.807, 2.05) is 41.8 Å². The number of hydrogen-bond acceptors (Lipinski definition) is 5. The molecule has 3 aromatic rings. The van der Waals surface area contributed by atoms with Gasteiger partial charge in [-0.1, -0.05) is 0 Å². The minimum Gasteiger partial charge on any atom is -0.490 e. The molecule has 0 aliphatic carbocycles. The number of pyridine rings is 1. The molecule has 0 aliphatic heterocycles. The van der Waals surface area contributed by atoms with Crippen molar-refractivity contribution in [1.29, 1.82) is 0 Å². The molecule has 0 unspecified atom stereocenters. The first-order valence-electron chi connectivity index (χ1n) is 7.86. The van der Waals surface area contributed by atoms with Crippen LogP contribution in [0.5, 0.6) is 5.75 Å². The van der Waals surface area contributed by atoms with E-state index in [-0.39, 0.29) is 5.91 Å². The van der Waals surface area contributed by atoms with Crippen LogP contribution in [0.25, 0.3) is 10.1 Å². The molecule has 0 bridgehead atoms. The average molecular weight is 412 g/mol. The number of carbonyl (C=O) groups excluding carboxylic acids is 1. The second-order valence-corrected chi connectivity index (χ2v) is 6.22. The van der Waals surface area contributed by atoms with Crippen LogP contribution >= 0.6 is 11.3 Å². The molecule has 0 saturated carbocycles. The Labute approximate surface area is 161 Å². The third-order valence-electron chi connectivity index (χ3n) is 3.25. The Morgan fingerprint density at radius 3 is 2.61 bits per heavy atom. The molecule has 0 aliphatic rings. The summed E-state index contributed by atoms with van der Waals surface area (Å²) in [6.45, 7) is 0.869. The molecule has 0 atom stereocenters. The number of alkyl halides is 3. The van der Waals surface area contributed by atoms with Gasteiger partial charge in [-0.3, -0.25) is 9.78 Å². The highest BCUT2D eigenvalue weighted by molar-refractivity contribution is 7.17. The number of carboxylic acids is 1. The maximum Gasteiger partial charge on any atom is 0.490 e. The summed E-state index contributed by atoms with van der Waals surface area (Å²) < 4.78 is 38.4. The largest absolute Gasteiger partial charge is 0.490 e. The zero-order chi connectivity index (χ0) is 20.6. The first-order chi connectivity index (χ1) is 13.3.